The molecule has 0 spiro atoms. The van der Waals surface area contributed by atoms with Crippen molar-refractivity contribution in [1.82, 2.24) is 15.8 Å². The maximum absolute atomic E-state index is 11.7. The first-order chi connectivity index (χ1) is 10.0. The summed E-state index contributed by atoms with van der Waals surface area (Å²) in [5.41, 5.74) is 5.11. The smallest absolute Gasteiger partial charge is 0.269 e. The number of aliphatic hydroxyl groups excluding tert-OH is 1. The lowest BCUT2D eigenvalue weighted by atomic mass is 10.2. The molecule has 7 nitrogen and oxygen atoms in total. The van der Waals surface area contributed by atoms with E-state index in [1.807, 2.05) is 0 Å². The Hall–Kier alpha value is -1.96. The number of hydrogen-bond acceptors (Lipinski definition) is 5. The zero-order valence-electron chi connectivity index (χ0n) is 12.2. The molecule has 0 saturated carbocycles. The third-order valence-electron chi connectivity index (χ3n) is 2.65. The molecule has 1 unspecified atom stereocenters. The van der Waals surface area contributed by atoms with E-state index < -0.39 is 6.10 Å². The first kappa shape index (κ1) is 17.1. The molecule has 0 bridgehead atoms. The van der Waals surface area contributed by atoms with E-state index in [0.717, 1.165) is 0 Å². The molecule has 1 aromatic carbocycles. The molecule has 1 rings (SSSR count). The molecule has 0 aromatic heterocycles. The molecular weight excluding hydrogens is 274 g/mol. The normalized spacial score (nSPS) is 12.0. The van der Waals surface area contributed by atoms with Crippen LogP contribution >= 0.6 is 0 Å². The van der Waals surface area contributed by atoms with Gasteiger partial charge in [0.15, 0.2) is 0 Å². The number of rotatable bonds is 7. The summed E-state index contributed by atoms with van der Waals surface area (Å²) in [5.74, 6) is -0.752. The van der Waals surface area contributed by atoms with Crippen molar-refractivity contribution in [2.75, 3.05) is 33.9 Å². The Balaban J connectivity index is 2.29. The van der Waals surface area contributed by atoms with Crippen molar-refractivity contribution in [3.05, 3.63) is 35.9 Å². The second-order valence-corrected chi connectivity index (χ2v) is 4.67. The van der Waals surface area contributed by atoms with Crippen LogP contribution in [0.2, 0.25) is 0 Å². The summed E-state index contributed by atoms with van der Waals surface area (Å²) in [6.07, 6.45) is -0.660. The molecule has 0 aliphatic rings. The summed E-state index contributed by atoms with van der Waals surface area (Å²) in [7, 11) is 3.19. The second-order valence-electron chi connectivity index (χ2n) is 4.67. The van der Waals surface area contributed by atoms with Gasteiger partial charge in [-0.1, -0.05) is 18.2 Å². The lowest BCUT2D eigenvalue weighted by Gasteiger charge is -2.19. The highest BCUT2D eigenvalue weighted by atomic mass is 16.5. The molecule has 116 valence electrons. The Morgan fingerprint density at radius 1 is 1.29 bits per heavy atom. The monoisotopic (exact) mass is 295 g/mol. The van der Waals surface area contributed by atoms with Gasteiger partial charge >= 0.3 is 0 Å². The maximum Gasteiger partial charge on any atom is 0.269 e. The van der Waals surface area contributed by atoms with E-state index in [4.69, 9.17) is 4.74 Å². The minimum atomic E-state index is -0.660. The number of carbonyl (C=O) groups excluding carboxylic acids is 2. The lowest BCUT2D eigenvalue weighted by Crippen LogP contribution is -2.47. The zero-order valence-corrected chi connectivity index (χ0v) is 12.2. The number of benzene rings is 1. The van der Waals surface area contributed by atoms with Crippen LogP contribution in [0.5, 0.6) is 0 Å². The summed E-state index contributed by atoms with van der Waals surface area (Å²) in [6, 6.07) is 8.57. The number of nitrogens with zero attached hydrogens (tertiary/aromatic N) is 1. The van der Waals surface area contributed by atoms with Gasteiger partial charge in [-0.2, -0.15) is 0 Å². The van der Waals surface area contributed by atoms with Gasteiger partial charge in [-0.15, -0.1) is 0 Å². The number of carbonyl (C=O) groups is 2. The van der Waals surface area contributed by atoms with Crippen molar-refractivity contribution < 1.29 is 19.4 Å². The van der Waals surface area contributed by atoms with E-state index in [1.54, 1.807) is 42.3 Å². The SMILES string of the molecule is COCC(O)CN(C)CC(=O)NNC(=O)c1ccccc1. The van der Waals surface area contributed by atoms with Crippen molar-refractivity contribution in [1.29, 1.82) is 0 Å². The first-order valence-electron chi connectivity index (χ1n) is 6.52. The summed E-state index contributed by atoms with van der Waals surface area (Å²) in [4.78, 5) is 25.0. The minimum Gasteiger partial charge on any atom is -0.389 e. The summed E-state index contributed by atoms with van der Waals surface area (Å²) in [5, 5.41) is 9.53. The van der Waals surface area contributed by atoms with E-state index in [2.05, 4.69) is 10.9 Å². The van der Waals surface area contributed by atoms with Crippen LogP contribution in [0, 0.1) is 0 Å². The fourth-order valence-electron chi connectivity index (χ4n) is 1.74. The van der Waals surface area contributed by atoms with Gasteiger partial charge in [0.05, 0.1) is 19.3 Å². The summed E-state index contributed by atoms with van der Waals surface area (Å²) in [6.45, 7) is 0.556. The quantitative estimate of drug-likeness (QED) is 0.584. The Labute approximate surface area is 123 Å². The van der Waals surface area contributed by atoms with Crippen LogP contribution in [-0.4, -0.2) is 61.8 Å². The third-order valence-corrected chi connectivity index (χ3v) is 2.65. The Bertz CT molecular complexity index is 453. The van der Waals surface area contributed by atoms with Gasteiger partial charge < -0.3 is 9.84 Å². The van der Waals surface area contributed by atoms with E-state index in [0.29, 0.717) is 12.1 Å². The summed E-state index contributed by atoms with van der Waals surface area (Å²) >= 11 is 0. The molecule has 21 heavy (non-hydrogen) atoms. The second kappa shape index (κ2) is 9.06. The Morgan fingerprint density at radius 3 is 2.57 bits per heavy atom. The number of hydrogen-bond donors (Lipinski definition) is 3. The molecule has 0 aliphatic heterocycles. The molecule has 2 amide bonds. The van der Waals surface area contributed by atoms with Crippen molar-refractivity contribution >= 4 is 11.8 Å². The van der Waals surface area contributed by atoms with Crippen molar-refractivity contribution in [2.45, 2.75) is 6.10 Å². The van der Waals surface area contributed by atoms with Crippen LogP contribution in [0.25, 0.3) is 0 Å². The molecule has 0 fully saturated rings. The Kier molecular flexibility index (Phi) is 7.38. The molecular formula is C14H21N3O4. The molecule has 1 atom stereocenters. The van der Waals surface area contributed by atoms with Gasteiger partial charge in [-0.3, -0.25) is 25.3 Å². The molecule has 1 aromatic rings. The van der Waals surface area contributed by atoms with Gasteiger partial charge in [0.25, 0.3) is 11.8 Å². The highest BCUT2D eigenvalue weighted by Gasteiger charge is 2.12. The molecule has 3 N–H and O–H groups in total. The van der Waals surface area contributed by atoms with Gasteiger partial charge in [0.2, 0.25) is 0 Å². The Morgan fingerprint density at radius 2 is 1.95 bits per heavy atom. The lowest BCUT2D eigenvalue weighted by molar-refractivity contribution is -0.123. The topological polar surface area (TPSA) is 90.9 Å². The van der Waals surface area contributed by atoms with Crippen molar-refractivity contribution in [2.24, 2.45) is 0 Å². The fraction of sp³-hybridized carbons (Fsp3) is 0.429. The van der Waals surface area contributed by atoms with E-state index in [-0.39, 0.29) is 25.0 Å². The fourth-order valence-corrected chi connectivity index (χ4v) is 1.74. The standard InChI is InChI=1S/C14H21N3O4/c1-17(8-12(18)10-21-2)9-13(19)15-16-14(20)11-6-4-3-5-7-11/h3-7,12,18H,8-10H2,1-2H3,(H,15,19)(H,16,20). The average molecular weight is 295 g/mol. The number of nitrogens with one attached hydrogen (secondary N) is 2. The highest BCUT2D eigenvalue weighted by Crippen LogP contribution is 1.96. The van der Waals surface area contributed by atoms with Crippen LogP contribution in [-0.2, 0) is 9.53 Å². The number of methoxy groups -OCH3 is 1. The van der Waals surface area contributed by atoms with Gasteiger partial charge in [0, 0.05) is 19.2 Å². The maximum atomic E-state index is 11.7. The van der Waals surface area contributed by atoms with Crippen LogP contribution < -0.4 is 10.9 Å². The van der Waals surface area contributed by atoms with Gasteiger partial charge in [-0.05, 0) is 19.2 Å². The average Bonchev–Trinajstić information content (AvgIpc) is 2.45. The summed E-state index contributed by atoms with van der Waals surface area (Å²) < 4.78 is 4.80. The number of aliphatic hydroxyl groups is 1. The van der Waals surface area contributed by atoms with Crippen LogP contribution in [0.15, 0.2) is 30.3 Å². The van der Waals surface area contributed by atoms with E-state index in [9.17, 15) is 14.7 Å². The van der Waals surface area contributed by atoms with Gasteiger partial charge in [0.1, 0.15) is 0 Å². The third kappa shape index (κ3) is 6.84. The molecule has 0 aliphatic carbocycles. The van der Waals surface area contributed by atoms with Crippen molar-refractivity contribution in [3.63, 3.8) is 0 Å². The zero-order chi connectivity index (χ0) is 15.7. The van der Waals surface area contributed by atoms with Crippen molar-refractivity contribution in [3.8, 4) is 0 Å². The largest absolute Gasteiger partial charge is 0.389 e. The highest BCUT2D eigenvalue weighted by molar-refractivity contribution is 5.95. The van der Waals surface area contributed by atoms with E-state index >= 15 is 0 Å². The molecule has 0 radical (unpaired) electrons. The van der Waals surface area contributed by atoms with Gasteiger partial charge in [-0.25, -0.2) is 0 Å². The molecule has 0 saturated heterocycles. The molecule has 7 heteroatoms. The number of likely N-dealkylation sites (N-methyl/N-ethyl adjacent to an activating group) is 1. The predicted molar refractivity (Wildman–Crippen MR) is 77.4 cm³/mol. The van der Waals surface area contributed by atoms with Crippen LogP contribution in [0.1, 0.15) is 10.4 Å². The van der Waals surface area contributed by atoms with E-state index in [1.165, 1.54) is 7.11 Å². The molecule has 0 heterocycles. The van der Waals surface area contributed by atoms with Crippen LogP contribution in [0.4, 0.5) is 0 Å². The number of hydrazine groups is 1. The number of ether oxygens (including phenoxy) is 1. The number of amides is 2. The first-order valence-corrected chi connectivity index (χ1v) is 6.52. The predicted octanol–water partition coefficient (Wildman–Crippen LogP) is -0.613. The van der Waals surface area contributed by atoms with Crippen LogP contribution in [0.3, 0.4) is 0 Å². The minimum absolute atomic E-state index is 0.0514.